The molecule has 1 saturated heterocycles. The van der Waals surface area contributed by atoms with Crippen molar-refractivity contribution in [2.45, 2.75) is 51.2 Å². The molecular formula is C35H39N3O4. The van der Waals surface area contributed by atoms with Gasteiger partial charge in [-0.15, -0.1) is 0 Å². The molecule has 0 unspecified atom stereocenters. The summed E-state index contributed by atoms with van der Waals surface area (Å²) in [5, 5.41) is 15.3. The Morgan fingerprint density at radius 1 is 0.738 bits per heavy atom. The fraction of sp³-hybridized carbons (Fsp3) is 0.286. The van der Waals surface area contributed by atoms with E-state index in [1.807, 2.05) is 84.9 Å². The monoisotopic (exact) mass is 565 g/mol. The molecule has 218 valence electrons. The molecule has 0 radical (unpaired) electrons. The molecular weight excluding hydrogens is 526 g/mol. The van der Waals surface area contributed by atoms with Crippen LogP contribution >= 0.6 is 0 Å². The van der Waals surface area contributed by atoms with E-state index < -0.39 is 6.29 Å². The lowest BCUT2D eigenvalue weighted by Crippen LogP contribution is -2.37. The number of aliphatic hydroxyl groups is 1. The highest BCUT2D eigenvalue weighted by molar-refractivity contribution is 5.73. The van der Waals surface area contributed by atoms with Crippen LogP contribution in [0.25, 0.3) is 0 Å². The summed E-state index contributed by atoms with van der Waals surface area (Å²) >= 11 is 0. The Bertz CT molecular complexity index is 1380. The topological polar surface area (TPSA) is 83.1 Å². The highest BCUT2D eigenvalue weighted by Crippen LogP contribution is 2.38. The molecule has 42 heavy (non-hydrogen) atoms. The van der Waals surface area contributed by atoms with Gasteiger partial charge in [-0.05, 0) is 34.9 Å². The predicted octanol–water partition coefficient (Wildman–Crippen LogP) is 5.86. The number of nitrogens with one attached hydrogen (secondary N) is 2. The second-order valence-electron chi connectivity index (χ2n) is 10.8. The maximum atomic E-state index is 12.3. The Balaban J connectivity index is 1.21. The van der Waals surface area contributed by atoms with Crippen LogP contribution in [0, 0.1) is 0 Å². The summed E-state index contributed by atoms with van der Waals surface area (Å²) in [5.74, 6) is 0. The lowest BCUT2D eigenvalue weighted by atomic mass is 9.99. The number of carbonyl (C=O) groups is 1. The van der Waals surface area contributed by atoms with Crippen LogP contribution in [0.15, 0.2) is 109 Å². The molecule has 4 aromatic carbocycles. The molecule has 0 saturated carbocycles. The molecule has 0 aliphatic carbocycles. The molecule has 1 aliphatic heterocycles. The molecule has 2 amide bonds. The van der Waals surface area contributed by atoms with Gasteiger partial charge in [0.15, 0.2) is 6.29 Å². The third kappa shape index (κ3) is 8.50. The van der Waals surface area contributed by atoms with Gasteiger partial charge in [-0.1, -0.05) is 109 Å². The van der Waals surface area contributed by atoms with Crippen molar-refractivity contribution in [3.8, 4) is 0 Å². The van der Waals surface area contributed by atoms with Crippen LogP contribution < -0.4 is 10.6 Å². The van der Waals surface area contributed by atoms with Gasteiger partial charge in [0.1, 0.15) is 0 Å². The number of rotatable bonds is 11. The van der Waals surface area contributed by atoms with E-state index in [0.29, 0.717) is 13.1 Å². The first-order chi connectivity index (χ1) is 20.6. The number of amides is 2. The average Bonchev–Trinajstić information content (AvgIpc) is 3.04. The van der Waals surface area contributed by atoms with Crippen LogP contribution in [-0.4, -0.2) is 35.7 Å². The van der Waals surface area contributed by atoms with Crippen molar-refractivity contribution in [1.82, 2.24) is 15.5 Å². The van der Waals surface area contributed by atoms with Crippen molar-refractivity contribution in [3.63, 3.8) is 0 Å². The summed E-state index contributed by atoms with van der Waals surface area (Å²) in [5.41, 5.74) is 6.17. The van der Waals surface area contributed by atoms with E-state index in [-0.39, 0.29) is 24.8 Å². The highest BCUT2D eigenvalue weighted by Gasteiger charge is 2.32. The van der Waals surface area contributed by atoms with E-state index in [1.165, 1.54) is 5.56 Å². The summed E-state index contributed by atoms with van der Waals surface area (Å²) in [4.78, 5) is 14.6. The second-order valence-corrected chi connectivity index (χ2v) is 10.8. The van der Waals surface area contributed by atoms with Crippen molar-refractivity contribution in [2.75, 3.05) is 13.6 Å². The van der Waals surface area contributed by atoms with Crippen molar-refractivity contribution in [1.29, 1.82) is 0 Å². The minimum atomic E-state index is -0.521. The third-order valence-corrected chi connectivity index (χ3v) is 7.43. The fourth-order valence-corrected chi connectivity index (χ4v) is 5.16. The Morgan fingerprint density at radius 3 is 1.90 bits per heavy atom. The van der Waals surface area contributed by atoms with Crippen LogP contribution in [0.1, 0.15) is 52.2 Å². The first kappa shape index (κ1) is 29.5. The smallest absolute Gasteiger partial charge is 0.315 e. The number of benzene rings is 4. The van der Waals surface area contributed by atoms with Crippen LogP contribution in [0.3, 0.4) is 0 Å². The Morgan fingerprint density at radius 2 is 1.29 bits per heavy atom. The summed E-state index contributed by atoms with van der Waals surface area (Å²) in [6.07, 6.45) is 0.0391. The Labute approximate surface area is 248 Å². The molecule has 0 bridgehead atoms. The lowest BCUT2D eigenvalue weighted by molar-refractivity contribution is -0.252. The summed E-state index contributed by atoms with van der Waals surface area (Å²) in [6.45, 7) is 2.51. The average molecular weight is 566 g/mol. The quantitative estimate of drug-likeness (QED) is 0.212. The molecule has 1 fully saturated rings. The summed E-state index contributed by atoms with van der Waals surface area (Å²) in [6, 6.07) is 36.0. The summed E-state index contributed by atoms with van der Waals surface area (Å²) in [7, 11) is 2.11. The zero-order chi connectivity index (χ0) is 29.1. The first-order valence-corrected chi connectivity index (χ1v) is 14.4. The van der Waals surface area contributed by atoms with E-state index in [2.05, 4.69) is 46.8 Å². The number of carbonyl (C=O) groups excluding carboxylic acids is 1. The number of hydrogen-bond donors (Lipinski definition) is 3. The van der Waals surface area contributed by atoms with Gasteiger partial charge in [-0.2, -0.15) is 0 Å². The van der Waals surface area contributed by atoms with Crippen LogP contribution in [0.2, 0.25) is 0 Å². The molecule has 7 nitrogen and oxygen atoms in total. The van der Waals surface area contributed by atoms with Gasteiger partial charge in [0.2, 0.25) is 0 Å². The standard InChI is InChI=1S/C35H39N3O4/c1-38(23-28-10-6-3-7-11-28)24-32-20-33(30-16-14-29(25-39)15-17-30)42-34(41-32)31-18-12-27(13-19-31)22-37-35(40)36-21-26-8-4-2-5-9-26/h2-19,32-34,39H,20-25H2,1H3,(H2,36,37,40)/t32-,33+,34+/m1/s1. The minimum Gasteiger partial charge on any atom is -0.392 e. The summed E-state index contributed by atoms with van der Waals surface area (Å²) < 4.78 is 13.0. The third-order valence-electron chi connectivity index (χ3n) is 7.43. The van der Waals surface area contributed by atoms with Gasteiger partial charge in [-0.3, -0.25) is 4.90 Å². The molecule has 3 N–H and O–H groups in total. The lowest BCUT2D eigenvalue weighted by Gasteiger charge is -2.38. The van der Waals surface area contributed by atoms with Gasteiger partial charge in [-0.25, -0.2) is 4.79 Å². The molecule has 7 heteroatoms. The van der Waals surface area contributed by atoms with E-state index in [1.54, 1.807) is 0 Å². The first-order valence-electron chi connectivity index (χ1n) is 14.4. The maximum Gasteiger partial charge on any atom is 0.315 e. The SMILES string of the molecule is CN(Cc1ccccc1)C[C@H]1C[C@@H](c2ccc(CO)cc2)O[C@@H](c2ccc(CNC(=O)NCc3ccccc3)cc2)O1. The minimum absolute atomic E-state index is 0.0142. The van der Waals surface area contributed by atoms with Crippen molar-refractivity contribution < 1.29 is 19.4 Å². The van der Waals surface area contributed by atoms with E-state index in [4.69, 9.17) is 9.47 Å². The normalized spacial score (nSPS) is 18.5. The van der Waals surface area contributed by atoms with E-state index >= 15 is 0 Å². The number of likely N-dealkylation sites (N-methyl/N-ethyl adjacent to an activating group) is 1. The molecule has 1 aliphatic rings. The number of ether oxygens (including phenoxy) is 2. The molecule has 1 heterocycles. The van der Waals surface area contributed by atoms with Crippen molar-refractivity contribution >= 4 is 6.03 Å². The largest absolute Gasteiger partial charge is 0.392 e. The number of hydrogen-bond acceptors (Lipinski definition) is 5. The van der Waals surface area contributed by atoms with Crippen molar-refractivity contribution in [2.24, 2.45) is 0 Å². The molecule has 5 rings (SSSR count). The molecule has 3 atom stereocenters. The number of urea groups is 1. The zero-order valence-corrected chi connectivity index (χ0v) is 24.0. The number of nitrogens with zero attached hydrogens (tertiary/aromatic N) is 1. The van der Waals surface area contributed by atoms with Gasteiger partial charge in [0.05, 0.1) is 18.8 Å². The number of aliphatic hydroxyl groups excluding tert-OH is 1. The van der Waals surface area contributed by atoms with Crippen LogP contribution in [0.4, 0.5) is 4.79 Å². The van der Waals surface area contributed by atoms with Gasteiger partial charge in [0.25, 0.3) is 0 Å². The Kier molecular flexibility index (Phi) is 10.4. The van der Waals surface area contributed by atoms with E-state index in [0.717, 1.165) is 47.3 Å². The molecule has 0 aromatic heterocycles. The van der Waals surface area contributed by atoms with Gasteiger partial charge >= 0.3 is 6.03 Å². The molecule has 4 aromatic rings. The zero-order valence-electron chi connectivity index (χ0n) is 24.0. The van der Waals surface area contributed by atoms with Crippen LogP contribution in [-0.2, 0) is 35.7 Å². The fourth-order valence-electron chi connectivity index (χ4n) is 5.16. The van der Waals surface area contributed by atoms with Crippen LogP contribution in [0.5, 0.6) is 0 Å². The predicted molar refractivity (Wildman–Crippen MR) is 163 cm³/mol. The van der Waals surface area contributed by atoms with Gasteiger partial charge < -0.3 is 25.2 Å². The molecule has 0 spiro atoms. The van der Waals surface area contributed by atoms with E-state index in [9.17, 15) is 9.90 Å². The highest BCUT2D eigenvalue weighted by atomic mass is 16.7. The Hall–Kier alpha value is -4.01. The van der Waals surface area contributed by atoms with Gasteiger partial charge in [0, 0.05) is 38.2 Å². The second kappa shape index (κ2) is 14.8. The maximum absolute atomic E-state index is 12.3. The van der Waals surface area contributed by atoms with Crippen molar-refractivity contribution in [3.05, 3.63) is 143 Å².